The number of carbonyl (C=O) groups is 1. The molecule has 2 aromatic carbocycles. The van der Waals surface area contributed by atoms with Gasteiger partial charge in [0, 0.05) is 35.4 Å². The molecule has 0 radical (unpaired) electrons. The highest BCUT2D eigenvalue weighted by Crippen LogP contribution is 2.26. The van der Waals surface area contributed by atoms with Crippen molar-refractivity contribution in [2.45, 2.75) is 20.8 Å². The van der Waals surface area contributed by atoms with Gasteiger partial charge in [0.15, 0.2) is 0 Å². The van der Waals surface area contributed by atoms with E-state index in [0.29, 0.717) is 5.69 Å². The van der Waals surface area contributed by atoms with Crippen LogP contribution in [-0.2, 0) is 0 Å². The Labute approximate surface area is 154 Å². The number of amides is 1. The average Bonchev–Trinajstić information content (AvgIpc) is 3.00. The van der Waals surface area contributed by atoms with Gasteiger partial charge >= 0.3 is 0 Å². The largest absolute Gasteiger partial charge is 0.497 e. The highest BCUT2D eigenvalue weighted by Gasteiger charge is 2.15. The van der Waals surface area contributed by atoms with Gasteiger partial charge in [0.2, 0.25) is 0 Å². The van der Waals surface area contributed by atoms with Crippen LogP contribution in [0, 0.1) is 6.92 Å². The lowest BCUT2D eigenvalue weighted by Crippen LogP contribution is -2.21. The Morgan fingerprint density at radius 2 is 1.81 bits per heavy atom. The molecule has 0 unspecified atom stereocenters. The van der Waals surface area contributed by atoms with E-state index in [1.54, 1.807) is 7.11 Å². The van der Waals surface area contributed by atoms with E-state index in [4.69, 9.17) is 4.74 Å². The first-order chi connectivity index (χ1) is 12.6. The molecule has 3 rings (SSSR count). The van der Waals surface area contributed by atoms with E-state index in [2.05, 4.69) is 29.0 Å². The minimum Gasteiger partial charge on any atom is -0.497 e. The average molecular weight is 351 g/mol. The Kier molecular flexibility index (Phi) is 5.16. The Balaban J connectivity index is 1.82. The van der Waals surface area contributed by atoms with Gasteiger partial charge in [-0.3, -0.25) is 4.79 Å². The maximum Gasteiger partial charge on any atom is 0.272 e. The summed E-state index contributed by atoms with van der Waals surface area (Å²) in [5, 5.41) is 3.96. The predicted octanol–water partition coefficient (Wildman–Crippen LogP) is 4.58. The lowest BCUT2D eigenvalue weighted by Gasteiger charge is -2.21. The monoisotopic (exact) mass is 351 g/mol. The Morgan fingerprint density at radius 1 is 1.12 bits per heavy atom. The molecule has 5 heteroatoms. The minimum atomic E-state index is -0.145. The molecular weight excluding hydrogens is 326 g/mol. The molecule has 1 amide bonds. The summed E-state index contributed by atoms with van der Waals surface area (Å²) < 4.78 is 5.27. The summed E-state index contributed by atoms with van der Waals surface area (Å²) in [5.74, 6) is 0.631. The van der Waals surface area contributed by atoms with Crippen molar-refractivity contribution in [3.63, 3.8) is 0 Å². The second-order valence-electron chi connectivity index (χ2n) is 6.21. The zero-order valence-electron chi connectivity index (χ0n) is 15.7. The number of ether oxygens (including phenoxy) is 1. The molecule has 0 atom stereocenters. The van der Waals surface area contributed by atoms with E-state index in [1.807, 2.05) is 49.4 Å². The molecule has 0 aliphatic rings. The first-order valence-electron chi connectivity index (χ1n) is 8.90. The molecule has 3 aromatic rings. The molecule has 5 nitrogen and oxygen atoms in total. The Bertz CT molecular complexity index is 909. The normalized spacial score (nSPS) is 10.8. The molecule has 1 heterocycles. The predicted molar refractivity (Wildman–Crippen MR) is 108 cm³/mol. The quantitative estimate of drug-likeness (QED) is 0.683. The minimum absolute atomic E-state index is 0.145. The zero-order valence-corrected chi connectivity index (χ0v) is 15.7. The van der Waals surface area contributed by atoms with Gasteiger partial charge < -0.3 is 19.9 Å². The zero-order chi connectivity index (χ0) is 18.7. The van der Waals surface area contributed by atoms with Gasteiger partial charge in [-0.05, 0) is 68.8 Å². The summed E-state index contributed by atoms with van der Waals surface area (Å²) in [6.07, 6.45) is 0. The maximum atomic E-state index is 12.7. The summed E-state index contributed by atoms with van der Waals surface area (Å²) in [5.41, 5.74) is 4.34. The lowest BCUT2D eigenvalue weighted by molar-refractivity contribution is 0.102. The number of hydrogen-bond donors (Lipinski definition) is 2. The Morgan fingerprint density at radius 3 is 2.42 bits per heavy atom. The SMILES string of the molecule is CCN(CC)c1ccc(NC(=O)c2[nH]c3ccc(OC)cc3c2C)cc1. The number of nitrogens with one attached hydrogen (secondary N) is 2. The van der Waals surface area contributed by atoms with E-state index in [-0.39, 0.29) is 5.91 Å². The van der Waals surface area contributed by atoms with Gasteiger partial charge in [-0.25, -0.2) is 0 Å². The van der Waals surface area contributed by atoms with E-state index in [1.165, 1.54) is 0 Å². The summed E-state index contributed by atoms with van der Waals surface area (Å²) >= 11 is 0. The van der Waals surface area contributed by atoms with E-state index < -0.39 is 0 Å². The van der Waals surface area contributed by atoms with Crippen molar-refractivity contribution in [3.05, 3.63) is 53.7 Å². The first-order valence-corrected chi connectivity index (χ1v) is 8.90. The van der Waals surface area contributed by atoms with Gasteiger partial charge in [0.1, 0.15) is 11.4 Å². The van der Waals surface area contributed by atoms with Gasteiger partial charge in [-0.2, -0.15) is 0 Å². The summed E-state index contributed by atoms with van der Waals surface area (Å²) in [4.78, 5) is 18.2. The van der Waals surface area contributed by atoms with Crippen LogP contribution in [0.2, 0.25) is 0 Å². The van der Waals surface area contributed by atoms with Crippen LogP contribution >= 0.6 is 0 Å². The molecule has 0 aliphatic carbocycles. The van der Waals surface area contributed by atoms with Crippen LogP contribution in [0.3, 0.4) is 0 Å². The molecule has 0 fully saturated rings. The standard InChI is InChI=1S/C21H25N3O2/c1-5-24(6-2)16-9-7-15(8-10-16)22-21(25)20-14(3)18-13-17(26-4)11-12-19(18)23-20/h7-13,23H,5-6H2,1-4H3,(H,22,25). The molecule has 2 N–H and O–H groups in total. The van der Waals surface area contributed by atoms with Gasteiger partial charge in [-0.15, -0.1) is 0 Å². The third-order valence-electron chi connectivity index (χ3n) is 4.75. The molecule has 1 aromatic heterocycles. The maximum absolute atomic E-state index is 12.7. The van der Waals surface area contributed by atoms with Crippen molar-refractivity contribution in [2.24, 2.45) is 0 Å². The smallest absolute Gasteiger partial charge is 0.272 e. The molecule has 0 saturated carbocycles. The van der Waals surface area contributed by atoms with Crippen LogP contribution in [-0.4, -0.2) is 31.1 Å². The first kappa shape index (κ1) is 17.9. The second-order valence-corrected chi connectivity index (χ2v) is 6.21. The molecule has 136 valence electrons. The van der Waals surface area contributed by atoms with Crippen LogP contribution in [0.15, 0.2) is 42.5 Å². The van der Waals surface area contributed by atoms with E-state index in [0.717, 1.165) is 46.7 Å². The number of H-pyrrole nitrogens is 1. The summed E-state index contributed by atoms with van der Waals surface area (Å²) in [7, 11) is 1.64. The number of nitrogens with zero attached hydrogens (tertiary/aromatic N) is 1. The second kappa shape index (κ2) is 7.52. The van der Waals surface area contributed by atoms with Crippen molar-refractivity contribution >= 4 is 28.2 Å². The van der Waals surface area contributed by atoms with Gasteiger partial charge in [0.25, 0.3) is 5.91 Å². The van der Waals surface area contributed by atoms with Crippen molar-refractivity contribution in [1.82, 2.24) is 4.98 Å². The Hall–Kier alpha value is -2.95. The number of aryl methyl sites for hydroxylation is 1. The van der Waals surface area contributed by atoms with Crippen LogP contribution in [0.5, 0.6) is 5.75 Å². The van der Waals surface area contributed by atoms with Crippen molar-refractivity contribution < 1.29 is 9.53 Å². The molecule has 0 spiro atoms. The summed E-state index contributed by atoms with van der Waals surface area (Å²) in [6.45, 7) is 8.12. The lowest BCUT2D eigenvalue weighted by atomic mass is 10.1. The highest BCUT2D eigenvalue weighted by molar-refractivity contribution is 6.08. The van der Waals surface area contributed by atoms with Crippen LogP contribution in [0.25, 0.3) is 10.9 Å². The number of aromatic nitrogens is 1. The van der Waals surface area contributed by atoms with Gasteiger partial charge in [0.05, 0.1) is 7.11 Å². The number of fused-ring (bicyclic) bond motifs is 1. The topological polar surface area (TPSA) is 57.4 Å². The fourth-order valence-corrected chi connectivity index (χ4v) is 3.20. The number of rotatable bonds is 6. The highest BCUT2D eigenvalue weighted by atomic mass is 16.5. The number of carbonyl (C=O) groups excluding carboxylic acids is 1. The number of anilines is 2. The van der Waals surface area contributed by atoms with Crippen molar-refractivity contribution in [2.75, 3.05) is 30.4 Å². The third kappa shape index (κ3) is 3.38. The fourth-order valence-electron chi connectivity index (χ4n) is 3.20. The number of hydrogen-bond acceptors (Lipinski definition) is 3. The van der Waals surface area contributed by atoms with Crippen LogP contribution in [0.4, 0.5) is 11.4 Å². The van der Waals surface area contributed by atoms with E-state index in [9.17, 15) is 4.79 Å². The summed E-state index contributed by atoms with van der Waals surface area (Å²) in [6, 6.07) is 13.7. The molecule has 26 heavy (non-hydrogen) atoms. The molecule has 0 bridgehead atoms. The van der Waals surface area contributed by atoms with Crippen LogP contribution < -0.4 is 15.0 Å². The molecular formula is C21H25N3O2. The number of aromatic amines is 1. The fraction of sp³-hybridized carbons (Fsp3) is 0.286. The van der Waals surface area contributed by atoms with Crippen molar-refractivity contribution in [3.8, 4) is 5.75 Å². The molecule has 0 aliphatic heterocycles. The molecule has 0 saturated heterocycles. The number of methoxy groups -OCH3 is 1. The van der Waals surface area contributed by atoms with Crippen molar-refractivity contribution in [1.29, 1.82) is 0 Å². The third-order valence-corrected chi connectivity index (χ3v) is 4.75. The van der Waals surface area contributed by atoms with E-state index >= 15 is 0 Å². The van der Waals surface area contributed by atoms with Gasteiger partial charge in [-0.1, -0.05) is 0 Å². The van der Waals surface area contributed by atoms with Crippen LogP contribution in [0.1, 0.15) is 29.9 Å². The number of benzene rings is 2.